The van der Waals surface area contributed by atoms with Gasteiger partial charge in [0.2, 0.25) is 0 Å². The van der Waals surface area contributed by atoms with E-state index in [0.717, 1.165) is 5.56 Å². The van der Waals surface area contributed by atoms with Gasteiger partial charge in [0.05, 0.1) is 19.3 Å². The molecule has 0 saturated heterocycles. The normalized spacial score (nSPS) is 10.2. The van der Waals surface area contributed by atoms with Crippen molar-refractivity contribution in [3.63, 3.8) is 0 Å². The highest BCUT2D eigenvalue weighted by molar-refractivity contribution is 5.71. The Kier molecular flexibility index (Phi) is 4.49. The molecule has 0 aliphatic heterocycles. The summed E-state index contributed by atoms with van der Waals surface area (Å²) >= 11 is 0. The highest BCUT2D eigenvalue weighted by Gasteiger charge is 2.03. The van der Waals surface area contributed by atoms with Crippen molar-refractivity contribution in [2.24, 2.45) is 0 Å². The van der Waals surface area contributed by atoms with Gasteiger partial charge in [0.1, 0.15) is 5.75 Å². The minimum absolute atomic E-state index is 0.0732. The first-order chi connectivity index (χ1) is 9.28. The number of nitrogens with zero attached hydrogens (tertiary/aromatic N) is 3. The van der Waals surface area contributed by atoms with Crippen LogP contribution in [-0.2, 0) is 16.1 Å². The van der Waals surface area contributed by atoms with E-state index in [4.69, 9.17) is 9.47 Å². The molecular weight excluding hydrogens is 246 g/mol. The quantitative estimate of drug-likeness (QED) is 0.732. The molecule has 6 nitrogen and oxygen atoms in total. The number of carbonyl (C=O) groups is 1. The van der Waals surface area contributed by atoms with Gasteiger partial charge in [-0.2, -0.15) is 0 Å². The minimum Gasteiger partial charge on any atom is -0.482 e. The molecule has 1 heterocycles. The van der Waals surface area contributed by atoms with E-state index >= 15 is 0 Å². The molecule has 0 amide bonds. The smallest absolute Gasteiger partial charge is 0.344 e. The van der Waals surface area contributed by atoms with Crippen LogP contribution in [0.15, 0.2) is 36.7 Å². The van der Waals surface area contributed by atoms with Gasteiger partial charge in [-0.15, -0.1) is 5.10 Å². The zero-order valence-corrected chi connectivity index (χ0v) is 10.7. The van der Waals surface area contributed by atoms with E-state index < -0.39 is 0 Å². The Morgan fingerprint density at radius 2 is 2.11 bits per heavy atom. The van der Waals surface area contributed by atoms with Gasteiger partial charge in [-0.25, -0.2) is 9.48 Å². The Balaban J connectivity index is 1.86. The zero-order chi connectivity index (χ0) is 13.5. The summed E-state index contributed by atoms with van der Waals surface area (Å²) in [6, 6.07) is 7.46. The fourth-order valence-corrected chi connectivity index (χ4v) is 1.54. The van der Waals surface area contributed by atoms with Crippen LogP contribution in [0.25, 0.3) is 0 Å². The highest BCUT2D eigenvalue weighted by atomic mass is 16.6. The lowest BCUT2D eigenvalue weighted by molar-refractivity contribution is -0.145. The number of esters is 1. The van der Waals surface area contributed by atoms with Crippen LogP contribution in [0.5, 0.6) is 5.75 Å². The zero-order valence-electron chi connectivity index (χ0n) is 10.7. The lowest BCUT2D eigenvalue weighted by Gasteiger charge is -2.06. The molecule has 1 aromatic carbocycles. The average molecular weight is 261 g/mol. The molecule has 0 atom stereocenters. The third-order valence-corrected chi connectivity index (χ3v) is 2.40. The number of ether oxygens (including phenoxy) is 2. The SMILES string of the molecule is CCOC(=O)COc1ccc(Cn2ccnn2)cc1. The van der Waals surface area contributed by atoms with E-state index in [-0.39, 0.29) is 12.6 Å². The largest absolute Gasteiger partial charge is 0.482 e. The molecule has 2 aromatic rings. The third-order valence-electron chi connectivity index (χ3n) is 2.40. The van der Waals surface area contributed by atoms with E-state index in [0.29, 0.717) is 18.9 Å². The summed E-state index contributed by atoms with van der Waals surface area (Å²) in [5, 5.41) is 7.63. The van der Waals surface area contributed by atoms with Crippen molar-refractivity contribution in [2.45, 2.75) is 13.5 Å². The molecule has 19 heavy (non-hydrogen) atoms. The lowest BCUT2D eigenvalue weighted by Crippen LogP contribution is -2.14. The first-order valence-electron chi connectivity index (χ1n) is 5.99. The first kappa shape index (κ1) is 13.1. The van der Waals surface area contributed by atoms with Gasteiger partial charge < -0.3 is 9.47 Å². The molecule has 0 aliphatic rings. The van der Waals surface area contributed by atoms with Gasteiger partial charge in [0, 0.05) is 6.20 Å². The van der Waals surface area contributed by atoms with Crippen molar-refractivity contribution in [2.75, 3.05) is 13.2 Å². The Morgan fingerprint density at radius 3 is 2.74 bits per heavy atom. The first-order valence-corrected chi connectivity index (χ1v) is 5.99. The Morgan fingerprint density at radius 1 is 1.32 bits per heavy atom. The molecule has 0 aliphatic carbocycles. The summed E-state index contributed by atoms with van der Waals surface area (Å²) in [4.78, 5) is 11.1. The molecule has 0 spiro atoms. The number of hydrogen-bond donors (Lipinski definition) is 0. The van der Waals surface area contributed by atoms with E-state index in [1.54, 1.807) is 24.0 Å². The number of aromatic nitrogens is 3. The van der Waals surface area contributed by atoms with Gasteiger partial charge in [0.25, 0.3) is 0 Å². The summed E-state index contributed by atoms with van der Waals surface area (Å²) in [6.07, 6.45) is 3.43. The third kappa shape index (κ3) is 4.09. The number of rotatable bonds is 6. The molecular formula is C13H15N3O3. The van der Waals surface area contributed by atoms with Gasteiger partial charge in [-0.3, -0.25) is 0 Å². The molecule has 6 heteroatoms. The average Bonchev–Trinajstić information content (AvgIpc) is 2.91. The van der Waals surface area contributed by atoms with Crippen molar-refractivity contribution >= 4 is 5.97 Å². The predicted molar refractivity (Wildman–Crippen MR) is 67.7 cm³/mol. The maximum atomic E-state index is 11.1. The summed E-state index contributed by atoms with van der Waals surface area (Å²) in [6.45, 7) is 2.70. The fourth-order valence-electron chi connectivity index (χ4n) is 1.54. The standard InChI is InChI=1S/C13H15N3O3/c1-2-18-13(17)10-19-12-5-3-11(4-6-12)9-16-8-7-14-15-16/h3-8H,2,9-10H2,1H3. The molecule has 2 rings (SSSR count). The molecule has 100 valence electrons. The molecule has 0 bridgehead atoms. The van der Waals surface area contributed by atoms with Crippen molar-refractivity contribution in [1.29, 1.82) is 0 Å². The molecule has 0 saturated carbocycles. The summed E-state index contributed by atoms with van der Waals surface area (Å²) in [7, 11) is 0. The van der Waals surface area contributed by atoms with Crippen LogP contribution < -0.4 is 4.74 Å². The summed E-state index contributed by atoms with van der Waals surface area (Å²) < 4.78 is 11.8. The van der Waals surface area contributed by atoms with Crippen molar-refractivity contribution in [1.82, 2.24) is 15.0 Å². The summed E-state index contributed by atoms with van der Waals surface area (Å²) in [5.74, 6) is 0.268. The second-order valence-corrected chi connectivity index (χ2v) is 3.84. The van der Waals surface area contributed by atoms with E-state index in [1.807, 2.05) is 24.3 Å². The van der Waals surface area contributed by atoms with Crippen LogP contribution in [0.3, 0.4) is 0 Å². The Bertz CT molecular complexity index is 508. The second-order valence-electron chi connectivity index (χ2n) is 3.84. The van der Waals surface area contributed by atoms with Crippen molar-refractivity contribution in [3.05, 3.63) is 42.2 Å². The van der Waals surface area contributed by atoms with Crippen LogP contribution in [0, 0.1) is 0 Å². The fraction of sp³-hybridized carbons (Fsp3) is 0.308. The van der Waals surface area contributed by atoms with Gasteiger partial charge in [-0.05, 0) is 24.6 Å². The number of hydrogen-bond acceptors (Lipinski definition) is 5. The van der Waals surface area contributed by atoms with E-state index in [2.05, 4.69) is 10.3 Å². The van der Waals surface area contributed by atoms with Crippen molar-refractivity contribution < 1.29 is 14.3 Å². The number of benzene rings is 1. The van der Waals surface area contributed by atoms with Gasteiger partial charge in [-0.1, -0.05) is 17.3 Å². The van der Waals surface area contributed by atoms with Crippen LogP contribution in [0.2, 0.25) is 0 Å². The maximum Gasteiger partial charge on any atom is 0.344 e. The lowest BCUT2D eigenvalue weighted by atomic mass is 10.2. The minimum atomic E-state index is -0.366. The monoisotopic (exact) mass is 261 g/mol. The summed E-state index contributed by atoms with van der Waals surface area (Å²) in [5.41, 5.74) is 1.08. The molecule has 1 aromatic heterocycles. The molecule has 0 unspecified atom stereocenters. The van der Waals surface area contributed by atoms with Crippen LogP contribution in [-0.4, -0.2) is 34.2 Å². The van der Waals surface area contributed by atoms with Gasteiger partial charge in [0.15, 0.2) is 6.61 Å². The topological polar surface area (TPSA) is 66.2 Å². The number of carbonyl (C=O) groups excluding carboxylic acids is 1. The van der Waals surface area contributed by atoms with Crippen LogP contribution in [0.1, 0.15) is 12.5 Å². The van der Waals surface area contributed by atoms with Gasteiger partial charge >= 0.3 is 5.97 Å². The molecule has 0 N–H and O–H groups in total. The van der Waals surface area contributed by atoms with Crippen LogP contribution in [0.4, 0.5) is 0 Å². The molecule has 0 fully saturated rings. The Hall–Kier alpha value is -2.37. The van der Waals surface area contributed by atoms with E-state index in [1.165, 1.54) is 0 Å². The predicted octanol–water partition coefficient (Wildman–Crippen LogP) is 1.27. The van der Waals surface area contributed by atoms with Crippen LogP contribution >= 0.6 is 0 Å². The highest BCUT2D eigenvalue weighted by Crippen LogP contribution is 2.12. The van der Waals surface area contributed by atoms with E-state index in [9.17, 15) is 4.79 Å². The Labute approximate surface area is 110 Å². The second kappa shape index (κ2) is 6.53. The molecule has 0 radical (unpaired) electrons. The maximum absolute atomic E-state index is 11.1. The van der Waals surface area contributed by atoms with Crippen molar-refractivity contribution in [3.8, 4) is 5.75 Å².